The smallest absolute Gasteiger partial charge is 0.00643 e. The second kappa shape index (κ2) is 8.79. The SMILES string of the molecule is C=CCCCCC(CC)NCC. The summed E-state index contributed by atoms with van der Waals surface area (Å²) in [6, 6.07) is 0.736. The van der Waals surface area contributed by atoms with Crippen LogP contribution in [-0.2, 0) is 0 Å². The number of rotatable bonds is 8. The number of unbranched alkanes of at least 4 members (excludes halogenated alkanes) is 2. The molecule has 0 rings (SSSR count). The van der Waals surface area contributed by atoms with Crippen LogP contribution < -0.4 is 5.32 Å². The van der Waals surface area contributed by atoms with Gasteiger partial charge in [0.15, 0.2) is 0 Å². The molecule has 0 aliphatic rings. The maximum absolute atomic E-state index is 3.72. The van der Waals surface area contributed by atoms with Crippen molar-refractivity contribution in [3.05, 3.63) is 12.7 Å². The molecule has 0 aromatic heterocycles. The molecule has 0 aliphatic heterocycles. The Morgan fingerprint density at radius 1 is 1.33 bits per heavy atom. The summed E-state index contributed by atoms with van der Waals surface area (Å²) in [5, 5.41) is 3.48. The molecular formula is C11H23N. The molecule has 0 spiro atoms. The first-order chi connectivity index (χ1) is 5.85. The third kappa shape index (κ3) is 6.41. The first-order valence-corrected chi connectivity index (χ1v) is 5.19. The second-order valence-corrected chi connectivity index (χ2v) is 3.24. The maximum atomic E-state index is 3.72. The van der Waals surface area contributed by atoms with Crippen molar-refractivity contribution in [2.45, 2.75) is 52.0 Å². The summed E-state index contributed by atoms with van der Waals surface area (Å²) in [4.78, 5) is 0. The predicted molar refractivity (Wildman–Crippen MR) is 56.4 cm³/mol. The predicted octanol–water partition coefficient (Wildman–Crippen LogP) is 3.12. The standard InChI is InChI=1S/C11H23N/c1-4-7-8-9-10-11(5-2)12-6-3/h4,11-12H,1,5-10H2,2-3H3. The third-order valence-corrected chi connectivity index (χ3v) is 2.20. The summed E-state index contributed by atoms with van der Waals surface area (Å²) in [7, 11) is 0. The highest BCUT2D eigenvalue weighted by atomic mass is 14.9. The van der Waals surface area contributed by atoms with Crippen LogP contribution in [0, 0.1) is 0 Å². The van der Waals surface area contributed by atoms with Crippen molar-refractivity contribution in [1.29, 1.82) is 0 Å². The molecule has 0 fully saturated rings. The van der Waals surface area contributed by atoms with E-state index >= 15 is 0 Å². The number of hydrogen-bond acceptors (Lipinski definition) is 1. The molecule has 0 radical (unpaired) electrons. The molecule has 0 aliphatic carbocycles. The average Bonchev–Trinajstić information content (AvgIpc) is 2.10. The van der Waals surface area contributed by atoms with Gasteiger partial charge in [0.25, 0.3) is 0 Å². The summed E-state index contributed by atoms with van der Waals surface area (Å²) in [6.45, 7) is 9.24. The minimum absolute atomic E-state index is 0.736. The van der Waals surface area contributed by atoms with E-state index in [4.69, 9.17) is 0 Å². The molecule has 0 amide bonds. The fourth-order valence-corrected chi connectivity index (χ4v) is 1.42. The van der Waals surface area contributed by atoms with Crippen LogP contribution in [0.1, 0.15) is 46.0 Å². The zero-order valence-corrected chi connectivity index (χ0v) is 8.60. The van der Waals surface area contributed by atoms with Crippen molar-refractivity contribution in [3.63, 3.8) is 0 Å². The van der Waals surface area contributed by atoms with Gasteiger partial charge in [-0.25, -0.2) is 0 Å². The molecule has 1 atom stereocenters. The van der Waals surface area contributed by atoms with E-state index in [2.05, 4.69) is 25.7 Å². The van der Waals surface area contributed by atoms with Gasteiger partial charge in [0, 0.05) is 6.04 Å². The Hall–Kier alpha value is -0.300. The van der Waals surface area contributed by atoms with Crippen LogP contribution in [0.5, 0.6) is 0 Å². The highest BCUT2D eigenvalue weighted by Gasteiger charge is 2.02. The fraction of sp³-hybridized carbons (Fsp3) is 0.818. The fourth-order valence-electron chi connectivity index (χ4n) is 1.42. The van der Waals surface area contributed by atoms with Crippen molar-refractivity contribution < 1.29 is 0 Å². The van der Waals surface area contributed by atoms with Gasteiger partial charge >= 0.3 is 0 Å². The topological polar surface area (TPSA) is 12.0 Å². The van der Waals surface area contributed by atoms with Gasteiger partial charge in [-0.05, 0) is 32.2 Å². The van der Waals surface area contributed by atoms with Crippen LogP contribution in [0.25, 0.3) is 0 Å². The lowest BCUT2D eigenvalue weighted by molar-refractivity contribution is 0.461. The number of nitrogens with one attached hydrogen (secondary N) is 1. The maximum Gasteiger partial charge on any atom is 0.00643 e. The van der Waals surface area contributed by atoms with Gasteiger partial charge < -0.3 is 5.32 Å². The van der Waals surface area contributed by atoms with Crippen molar-refractivity contribution in [1.82, 2.24) is 5.32 Å². The zero-order valence-electron chi connectivity index (χ0n) is 8.60. The van der Waals surface area contributed by atoms with Gasteiger partial charge in [-0.1, -0.05) is 26.3 Å². The summed E-state index contributed by atoms with van der Waals surface area (Å²) in [6.07, 6.45) is 8.37. The van der Waals surface area contributed by atoms with E-state index < -0.39 is 0 Å². The van der Waals surface area contributed by atoms with Crippen LogP contribution in [0.4, 0.5) is 0 Å². The van der Waals surface area contributed by atoms with Crippen LogP contribution in [0.2, 0.25) is 0 Å². The molecule has 12 heavy (non-hydrogen) atoms. The quantitative estimate of drug-likeness (QED) is 0.435. The Morgan fingerprint density at radius 3 is 2.58 bits per heavy atom. The van der Waals surface area contributed by atoms with Crippen molar-refractivity contribution in [3.8, 4) is 0 Å². The summed E-state index contributed by atoms with van der Waals surface area (Å²) < 4.78 is 0. The molecule has 0 aromatic carbocycles. The lowest BCUT2D eigenvalue weighted by atomic mass is 10.1. The van der Waals surface area contributed by atoms with Crippen molar-refractivity contribution in [2.24, 2.45) is 0 Å². The number of hydrogen-bond donors (Lipinski definition) is 1. The normalized spacial score (nSPS) is 12.8. The highest BCUT2D eigenvalue weighted by molar-refractivity contribution is 4.68. The molecular weight excluding hydrogens is 146 g/mol. The lowest BCUT2D eigenvalue weighted by Gasteiger charge is -2.14. The molecule has 0 aromatic rings. The Kier molecular flexibility index (Phi) is 8.57. The first-order valence-electron chi connectivity index (χ1n) is 5.19. The molecule has 0 saturated carbocycles. The average molecular weight is 169 g/mol. The zero-order chi connectivity index (χ0) is 9.23. The lowest BCUT2D eigenvalue weighted by Crippen LogP contribution is -2.27. The summed E-state index contributed by atoms with van der Waals surface area (Å²) in [5.74, 6) is 0. The molecule has 0 bridgehead atoms. The third-order valence-electron chi connectivity index (χ3n) is 2.20. The van der Waals surface area contributed by atoms with E-state index in [-0.39, 0.29) is 0 Å². The van der Waals surface area contributed by atoms with Crippen LogP contribution >= 0.6 is 0 Å². The Balaban J connectivity index is 3.24. The molecule has 1 N–H and O–H groups in total. The first kappa shape index (κ1) is 11.7. The van der Waals surface area contributed by atoms with Crippen molar-refractivity contribution in [2.75, 3.05) is 6.54 Å². The molecule has 0 heterocycles. The molecule has 1 heteroatoms. The van der Waals surface area contributed by atoms with E-state index in [1.807, 2.05) is 6.08 Å². The van der Waals surface area contributed by atoms with Gasteiger partial charge in [-0.3, -0.25) is 0 Å². The minimum atomic E-state index is 0.736. The van der Waals surface area contributed by atoms with E-state index in [9.17, 15) is 0 Å². The number of allylic oxidation sites excluding steroid dienone is 1. The Labute approximate surface area is 77.2 Å². The Bertz CT molecular complexity index is 99.2. The van der Waals surface area contributed by atoms with Gasteiger partial charge in [-0.2, -0.15) is 0 Å². The van der Waals surface area contributed by atoms with Gasteiger partial charge in [0.05, 0.1) is 0 Å². The monoisotopic (exact) mass is 169 g/mol. The van der Waals surface area contributed by atoms with E-state index in [0.29, 0.717) is 0 Å². The van der Waals surface area contributed by atoms with E-state index in [1.54, 1.807) is 0 Å². The highest BCUT2D eigenvalue weighted by Crippen LogP contribution is 2.06. The molecule has 0 saturated heterocycles. The van der Waals surface area contributed by atoms with Gasteiger partial charge in [0.1, 0.15) is 0 Å². The second-order valence-electron chi connectivity index (χ2n) is 3.24. The molecule has 72 valence electrons. The van der Waals surface area contributed by atoms with Crippen LogP contribution in [-0.4, -0.2) is 12.6 Å². The van der Waals surface area contributed by atoms with Gasteiger partial charge in [-0.15, -0.1) is 6.58 Å². The van der Waals surface area contributed by atoms with Crippen LogP contribution in [0.3, 0.4) is 0 Å². The van der Waals surface area contributed by atoms with Crippen molar-refractivity contribution >= 4 is 0 Å². The van der Waals surface area contributed by atoms with Gasteiger partial charge in [0.2, 0.25) is 0 Å². The molecule has 1 unspecified atom stereocenters. The van der Waals surface area contributed by atoms with Crippen LogP contribution in [0.15, 0.2) is 12.7 Å². The summed E-state index contributed by atoms with van der Waals surface area (Å²) in [5.41, 5.74) is 0. The Morgan fingerprint density at radius 2 is 2.08 bits per heavy atom. The molecule has 1 nitrogen and oxygen atoms in total. The van der Waals surface area contributed by atoms with E-state index in [1.165, 1.54) is 32.1 Å². The van der Waals surface area contributed by atoms with E-state index in [0.717, 1.165) is 12.6 Å². The largest absolute Gasteiger partial charge is 0.314 e. The minimum Gasteiger partial charge on any atom is -0.314 e. The summed E-state index contributed by atoms with van der Waals surface area (Å²) >= 11 is 0.